The molecule has 3 aromatic rings. The Morgan fingerprint density at radius 1 is 1.25 bits per heavy atom. The van der Waals surface area contributed by atoms with E-state index < -0.39 is 0 Å². The fourth-order valence-corrected chi connectivity index (χ4v) is 3.00. The van der Waals surface area contributed by atoms with Gasteiger partial charge in [-0.3, -0.25) is 9.58 Å². The van der Waals surface area contributed by atoms with Gasteiger partial charge in [0.05, 0.1) is 17.9 Å². The smallest absolute Gasteiger partial charge is 0.213 e. The van der Waals surface area contributed by atoms with E-state index in [1.54, 1.807) is 6.20 Å². The molecule has 4 rings (SSSR count). The molecule has 124 valence electrons. The molecular formula is C17H19N5O2. The van der Waals surface area contributed by atoms with Gasteiger partial charge in [-0.1, -0.05) is 11.2 Å². The summed E-state index contributed by atoms with van der Waals surface area (Å²) in [7, 11) is 0. The van der Waals surface area contributed by atoms with Crippen molar-refractivity contribution in [3.05, 3.63) is 59.9 Å². The topological polar surface area (TPSA) is 69.2 Å². The van der Waals surface area contributed by atoms with Crippen LogP contribution in [0.3, 0.4) is 0 Å². The number of rotatable bonds is 4. The Hall–Kier alpha value is -2.67. The van der Waals surface area contributed by atoms with E-state index in [4.69, 9.17) is 9.26 Å². The lowest BCUT2D eigenvalue weighted by molar-refractivity contribution is 0.116. The quantitative estimate of drug-likeness (QED) is 0.731. The Morgan fingerprint density at radius 3 is 3.00 bits per heavy atom. The van der Waals surface area contributed by atoms with Gasteiger partial charge in [-0.25, -0.2) is 4.98 Å². The van der Waals surface area contributed by atoms with Crippen LogP contribution >= 0.6 is 0 Å². The largest absolute Gasteiger partial charge is 0.471 e. The van der Waals surface area contributed by atoms with E-state index in [0.29, 0.717) is 19.0 Å². The van der Waals surface area contributed by atoms with Gasteiger partial charge < -0.3 is 9.26 Å². The molecule has 0 radical (unpaired) electrons. The molecule has 1 atom stereocenters. The zero-order valence-electron chi connectivity index (χ0n) is 13.5. The van der Waals surface area contributed by atoms with E-state index >= 15 is 0 Å². The van der Waals surface area contributed by atoms with Crippen molar-refractivity contribution >= 4 is 0 Å². The molecule has 0 spiro atoms. The van der Waals surface area contributed by atoms with Crippen LogP contribution in [0.15, 0.2) is 47.2 Å². The fourth-order valence-electron chi connectivity index (χ4n) is 3.00. The van der Waals surface area contributed by atoms with Crippen molar-refractivity contribution in [1.29, 1.82) is 0 Å². The van der Waals surface area contributed by atoms with Crippen molar-refractivity contribution in [2.24, 2.45) is 0 Å². The summed E-state index contributed by atoms with van der Waals surface area (Å²) in [6.45, 7) is 4.89. The molecule has 3 aromatic heterocycles. The van der Waals surface area contributed by atoms with Crippen LogP contribution in [0.2, 0.25) is 0 Å². The number of aryl methyl sites for hydroxylation is 1. The predicted molar refractivity (Wildman–Crippen MR) is 86.2 cm³/mol. The van der Waals surface area contributed by atoms with Crippen LogP contribution in [0.25, 0.3) is 0 Å². The first kappa shape index (κ1) is 14.9. The minimum absolute atomic E-state index is 0.0333. The molecule has 0 saturated heterocycles. The van der Waals surface area contributed by atoms with Gasteiger partial charge in [-0.2, -0.15) is 5.10 Å². The van der Waals surface area contributed by atoms with Crippen LogP contribution in [0, 0.1) is 6.92 Å². The van der Waals surface area contributed by atoms with Crippen molar-refractivity contribution in [2.45, 2.75) is 32.7 Å². The number of hydrogen-bond acceptors (Lipinski definition) is 6. The molecule has 0 unspecified atom stereocenters. The standard InChI is InChI=1S/C17H19N5O2/c1-13-8-14(20-24-13)9-21-10-15-5-7-19-22(15)12-16(11-21)23-17-4-2-3-6-18-17/h2-8,16H,9-12H2,1H3/t16-/m0/s1. The van der Waals surface area contributed by atoms with E-state index in [9.17, 15) is 0 Å². The normalized spacial score (nSPS) is 18.1. The molecule has 0 aromatic carbocycles. The maximum Gasteiger partial charge on any atom is 0.213 e. The highest BCUT2D eigenvalue weighted by Crippen LogP contribution is 2.18. The average molecular weight is 325 g/mol. The molecule has 0 amide bonds. The minimum atomic E-state index is -0.0333. The van der Waals surface area contributed by atoms with Crippen molar-refractivity contribution < 1.29 is 9.26 Å². The summed E-state index contributed by atoms with van der Waals surface area (Å²) in [4.78, 5) is 6.56. The molecular weight excluding hydrogens is 306 g/mol. The molecule has 7 nitrogen and oxygen atoms in total. The average Bonchev–Trinajstić information content (AvgIpc) is 3.14. The molecule has 1 aliphatic rings. The molecule has 7 heteroatoms. The number of fused-ring (bicyclic) bond motifs is 1. The lowest BCUT2D eigenvalue weighted by Gasteiger charge is -2.23. The zero-order chi connectivity index (χ0) is 16.4. The van der Waals surface area contributed by atoms with Gasteiger partial charge in [-0.15, -0.1) is 0 Å². The molecule has 1 aliphatic heterocycles. The second-order valence-corrected chi connectivity index (χ2v) is 6.01. The molecule has 0 fully saturated rings. The van der Waals surface area contributed by atoms with Crippen molar-refractivity contribution in [1.82, 2.24) is 24.8 Å². The number of pyridine rings is 1. The summed E-state index contributed by atoms with van der Waals surface area (Å²) in [5, 5.41) is 8.51. The van der Waals surface area contributed by atoms with E-state index in [1.807, 2.05) is 48.1 Å². The SMILES string of the molecule is Cc1cc(CN2Cc3ccnn3C[C@@H](Oc3ccccn3)C2)no1. The molecule has 0 aliphatic carbocycles. The van der Waals surface area contributed by atoms with Crippen LogP contribution in [0.5, 0.6) is 5.88 Å². The van der Waals surface area contributed by atoms with Gasteiger partial charge in [0.2, 0.25) is 5.88 Å². The second kappa shape index (κ2) is 6.45. The van der Waals surface area contributed by atoms with Gasteiger partial charge in [-0.05, 0) is 19.1 Å². The van der Waals surface area contributed by atoms with Crippen molar-refractivity contribution in [2.75, 3.05) is 6.54 Å². The monoisotopic (exact) mass is 325 g/mol. The summed E-state index contributed by atoms with van der Waals surface area (Å²) >= 11 is 0. The van der Waals surface area contributed by atoms with Crippen molar-refractivity contribution in [3.63, 3.8) is 0 Å². The minimum Gasteiger partial charge on any atom is -0.471 e. The van der Waals surface area contributed by atoms with Gasteiger partial charge >= 0.3 is 0 Å². The van der Waals surface area contributed by atoms with Crippen molar-refractivity contribution in [3.8, 4) is 5.88 Å². The third-order valence-corrected chi connectivity index (χ3v) is 4.02. The lowest BCUT2D eigenvalue weighted by Crippen LogP contribution is -2.35. The highest BCUT2D eigenvalue weighted by atomic mass is 16.5. The van der Waals surface area contributed by atoms with Gasteiger partial charge in [0.1, 0.15) is 11.9 Å². The summed E-state index contributed by atoms with van der Waals surface area (Å²) in [5.74, 6) is 1.46. The van der Waals surface area contributed by atoms with Crippen LogP contribution in [0.1, 0.15) is 17.1 Å². The lowest BCUT2D eigenvalue weighted by atomic mass is 10.3. The zero-order valence-corrected chi connectivity index (χ0v) is 13.5. The molecule has 24 heavy (non-hydrogen) atoms. The third-order valence-electron chi connectivity index (χ3n) is 4.02. The molecule has 0 bridgehead atoms. The summed E-state index contributed by atoms with van der Waals surface area (Å²) in [6, 6.07) is 9.69. The van der Waals surface area contributed by atoms with Crippen LogP contribution in [-0.4, -0.2) is 37.5 Å². The van der Waals surface area contributed by atoms with Crippen LogP contribution in [-0.2, 0) is 19.6 Å². The van der Waals surface area contributed by atoms with Crippen LogP contribution < -0.4 is 4.74 Å². The summed E-state index contributed by atoms with van der Waals surface area (Å²) in [5.41, 5.74) is 2.10. The maximum absolute atomic E-state index is 6.08. The second-order valence-electron chi connectivity index (χ2n) is 6.01. The van der Waals surface area contributed by atoms with E-state index in [2.05, 4.69) is 20.1 Å². The first-order valence-corrected chi connectivity index (χ1v) is 7.99. The predicted octanol–water partition coefficient (Wildman–Crippen LogP) is 2.04. The highest BCUT2D eigenvalue weighted by molar-refractivity contribution is 5.11. The number of ether oxygens (including phenoxy) is 1. The Kier molecular flexibility index (Phi) is 4.00. The van der Waals surface area contributed by atoms with Gasteiger partial charge in [0.25, 0.3) is 0 Å². The Morgan fingerprint density at radius 2 is 2.21 bits per heavy atom. The molecule has 0 saturated carbocycles. The number of aromatic nitrogens is 4. The van der Waals surface area contributed by atoms with Gasteiger partial charge in [0, 0.05) is 44.2 Å². The maximum atomic E-state index is 6.08. The summed E-state index contributed by atoms with van der Waals surface area (Å²) < 4.78 is 13.3. The Balaban J connectivity index is 1.54. The van der Waals surface area contributed by atoms with E-state index in [1.165, 1.54) is 5.69 Å². The number of nitrogens with zero attached hydrogens (tertiary/aromatic N) is 5. The highest BCUT2D eigenvalue weighted by Gasteiger charge is 2.24. The molecule has 0 N–H and O–H groups in total. The Bertz CT molecular complexity index is 798. The van der Waals surface area contributed by atoms with E-state index in [-0.39, 0.29) is 6.10 Å². The van der Waals surface area contributed by atoms with Gasteiger partial charge in [0.15, 0.2) is 0 Å². The van der Waals surface area contributed by atoms with E-state index in [0.717, 1.165) is 24.5 Å². The summed E-state index contributed by atoms with van der Waals surface area (Å²) in [6.07, 6.45) is 3.53. The van der Waals surface area contributed by atoms with Crippen LogP contribution in [0.4, 0.5) is 0 Å². The molecule has 4 heterocycles. The fraction of sp³-hybridized carbons (Fsp3) is 0.353. The first-order valence-electron chi connectivity index (χ1n) is 7.99. The number of hydrogen-bond donors (Lipinski definition) is 0. The first-order chi connectivity index (χ1) is 11.8. The third kappa shape index (κ3) is 3.30. The Labute approximate surface area is 139 Å².